The van der Waals surface area contributed by atoms with Crippen molar-refractivity contribution in [1.82, 2.24) is 9.88 Å². The molecular weight excluding hydrogens is 402 g/mol. The largest absolute Gasteiger partial charge is 0.342 e. The number of rotatable bonds is 6. The highest BCUT2D eigenvalue weighted by Gasteiger charge is 2.28. The zero-order chi connectivity index (χ0) is 20.1. The Balaban J connectivity index is 1.26. The van der Waals surface area contributed by atoms with Crippen molar-refractivity contribution in [2.45, 2.75) is 23.6 Å². The number of benzene rings is 2. The van der Waals surface area contributed by atoms with E-state index < -0.39 is 0 Å². The van der Waals surface area contributed by atoms with E-state index in [1.165, 1.54) is 4.70 Å². The number of anilines is 1. The Bertz CT molecular complexity index is 957. The van der Waals surface area contributed by atoms with Crippen LogP contribution in [0.2, 0.25) is 0 Å². The van der Waals surface area contributed by atoms with Crippen LogP contribution in [0.3, 0.4) is 0 Å². The highest BCUT2D eigenvalue weighted by atomic mass is 32.2. The van der Waals surface area contributed by atoms with Crippen LogP contribution in [0.15, 0.2) is 58.9 Å². The summed E-state index contributed by atoms with van der Waals surface area (Å²) in [5.41, 5.74) is 1.81. The zero-order valence-corrected chi connectivity index (χ0v) is 17.7. The van der Waals surface area contributed by atoms with E-state index in [9.17, 15) is 9.59 Å². The fraction of sp³-hybridized carbons (Fsp3) is 0.318. The number of hydrogen-bond acceptors (Lipinski definition) is 5. The van der Waals surface area contributed by atoms with Gasteiger partial charge in [-0.3, -0.25) is 9.59 Å². The van der Waals surface area contributed by atoms with Crippen molar-refractivity contribution >= 4 is 50.8 Å². The Hall–Kier alpha value is -2.38. The van der Waals surface area contributed by atoms with E-state index in [-0.39, 0.29) is 17.7 Å². The van der Waals surface area contributed by atoms with E-state index >= 15 is 0 Å². The Morgan fingerprint density at radius 1 is 1.14 bits per heavy atom. The van der Waals surface area contributed by atoms with E-state index in [2.05, 4.69) is 16.4 Å². The van der Waals surface area contributed by atoms with Crippen LogP contribution in [0.4, 0.5) is 5.69 Å². The van der Waals surface area contributed by atoms with Gasteiger partial charge in [0, 0.05) is 31.0 Å². The number of thioether (sulfide) groups is 1. The predicted molar refractivity (Wildman–Crippen MR) is 119 cm³/mol. The molecule has 4 rings (SSSR count). The van der Waals surface area contributed by atoms with E-state index in [0.717, 1.165) is 34.9 Å². The monoisotopic (exact) mass is 425 g/mol. The van der Waals surface area contributed by atoms with Crippen LogP contribution in [0.1, 0.15) is 19.3 Å². The molecule has 0 aliphatic carbocycles. The lowest BCUT2D eigenvalue weighted by molar-refractivity contribution is -0.134. The van der Waals surface area contributed by atoms with Crippen LogP contribution in [0.25, 0.3) is 10.2 Å². The summed E-state index contributed by atoms with van der Waals surface area (Å²) in [5.74, 6) is 0.675. The number of nitrogens with one attached hydrogen (secondary N) is 1. The number of amides is 2. The minimum absolute atomic E-state index is 0.00227. The molecule has 0 spiro atoms. The first kappa shape index (κ1) is 19.9. The second-order valence-corrected chi connectivity index (χ2v) is 9.45. The minimum Gasteiger partial charge on any atom is -0.342 e. The number of aromatic nitrogens is 1. The second kappa shape index (κ2) is 9.41. The molecule has 7 heteroatoms. The van der Waals surface area contributed by atoms with Gasteiger partial charge in [-0.15, -0.1) is 11.3 Å². The Morgan fingerprint density at radius 3 is 2.76 bits per heavy atom. The first-order valence-corrected chi connectivity index (χ1v) is 11.6. The molecule has 3 aromatic rings. The van der Waals surface area contributed by atoms with Crippen LogP contribution >= 0.6 is 23.1 Å². The van der Waals surface area contributed by atoms with E-state index in [1.54, 1.807) is 23.1 Å². The molecule has 1 aliphatic heterocycles. The van der Waals surface area contributed by atoms with Gasteiger partial charge in [0.15, 0.2) is 4.34 Å². The number of carbonyl (C=O) groups excluding carboxylic acids is 2. The number of para-hydroxylation sites is 2. The van der Waals surface area contributed by atoms with Gasteiger partial charge in [0.1, 0.15) is 0 Å². The van der Waals surface area contributed by atoms with Gasteiger partial charge in [0.25, 0.3) is 0 Å². The second-order valence-electron chi connectivity index (χ2n) is 7.08. The number of hydrogen-bond donors (Lipinski definition) is 1. The molecule has 2 heterocycles. The van der Waals surface area contributed by atoms with Gasteiger partial charge in [-0.1, -0.05) is 42.1 Å². The van der Waals surface area contributed by atoms with Crippen LogP contribution in [-0.4, -0.2) is 40.5 Å². The van der Waals surface area contributed by atoms with Crippen molar-refractivity contribution in [3.8, 4) is 0 Å². The van der Waals surface area contributed by atoms with Crippen molar-refractivity contribution in [3.63, 3.8) is 0 Å². The third kappa shape index (κ3) is 5.16. The van der Waals surface area contributed by atoms with Crippen LogP contribution in [0.5, 0.6) is 0 Å². The lowest BCUT2D eigenvalue weighted by Gasteiger charge is -2.32. The molecule has 150 valence electrons. The summed E-state index contributed by atoms with van der Waals surface area (Å²) < 4.78 is 2.17. The molecule has 1 saturated heterocycles. The summed E-state index contributed by atoms with van der Waals surface area (Å²) in [5, 5.41) is 2.96. The molecule has 0 saturated carbocycles. The van der Waals surface area contributed by atoms with Crippen LogP contribution in [-0.2, 0) is 9.59 Å². The van der Waals surface area contributed by atoms with Crippen molar-refractivity contribution < 1.29 is 9.59 Å². The quantitative estimate of drug-likeness (QED) is 0.584. The number of carbonyl (C=O) groups is 2. The number of likely N-dealkylation sites (tertiary alicyclic amines) is 1. The smallest absolute Gasteiger partial charge is 0.229 e. The Kier molecular flexibility index (Phi) is 6.46. The maximum absolute atomic E-state index is 12.7. The lowest BCUT2D eigenvalue weighted by Crippen LogP contribution is -2.43. The minimum atomic E-state index is -0.148. The number of piperidine rings is 1. The summed E-state index contributed by atoms with van der Waals surface area (Å²) >= 11 is 3.29. The average Bonchev–Trinajstić information content (AvgIpc) is 3.17. The molecule has 2 amide bonds. The summed E-state index contributed by atoms with van der Waals surface area (Å²) in [6.45, 7) is 1.24. The van der Waals surface area contributed by atoms with Crippen molar-refractivity contribution in [1.29, 1.82) is 0 Å². The van der Waals surface area contributed by atoms with E-state index in [0.29, 0.717) is 18.7 Å². The third-order valence-electron chi connectivity index (χ3n) is 5.00. The first-order chi connectivity index (χ1) is 14.2. The molecule has 1 aliphatic rings. The predicted octanol–water partition coefficient (Wildman–Crippen LogP) is 4.66. The highest BCUT2D eigenvalue weighted by molar-refractivity contribution is 8.01. The fourth-order valence-electron chi connectivity index (χ4n) is 3.48. The van der Waals surface area contributed by atoms with Gasteiger partial charge in [-0.05, 0) is 37.1 Å². The number of nitrogens with zero attached hydrogens (tertiary/aromatic N) is 2. The Labute approximate surface area is 178 Å². The van der Waals surface area contributed by atoms with Crippen LogP contribution < -0.4 is 5.32 Å². The molecule has 5 nitrogen and oxygen atoms in total. The summed E-state index contributed by atoms with van der Waals surface area (Å²) in [7, 11) is 0. The van der Waals surface area contributed by atoms with Crippen molar-refractivity contribution in [2.24, 2.45) is 5.92 Å². The van der Waals surface area contributed by atoms with Gasteiger partial charge >= 0.3 is 0 Å². The summed E-state index contributed by atoms with van der Waals surface area (Å²) in [4.78, 5) is 31.7. The molecule has 29 heavy (non-hydrogen) atoms. The van der Waals surface area contributed by atoms with Gasteiger partial charge in [-0.25, -0.2) is 4.98 Å². The standard InChI is InChI=1S/C22H23N3O2S2/c26-20(12-14-28-22-24-18-10-4-5-11-19(18)29-22)25-13-6-7-16(15-25)21(27)23-17-8-2-1-3-9-17/h1-5,8-11,16H,6-7,12-15H2,(H,23,27)/t16-/m1/s1. The molecule has 1 N–H and O–H groups in total. The molecule has 1 aromatic heterocycles. The molecular formula is C22H23N3O2S2. The topological polar surface area (TPSA) is 62.3 Å². The summed E-state index contributed by atoms with van der Waals surface area (Å²) in [6, 6.07) is 17.5. The normalized spacial score (nSPS) is 16.7. The maximum Gasteiger partial charge on any atom is 0.229 e. The number of fused-ring (bicyclic) bond motifs is 1. The summed E-state index contributed by atoms with van der Waals surface area (Å²) in [6.07, 6.45) is 2.15. The average molecular weight is 426 g/mol. The molecule has 0 unspecified atom stereocenters. The van der Waals surface area contributed by atoms with Gasteiger partial charge in [-0.2, -0.15) is 0 Å². The van der Waals surface area contributed by atoms with Crippen molar-refractivity contribution in [2.75, 3.05) is 24.2 Å². The molecule has 1 fully saturated rings. The SMILES string of the molecule is O=C(Nc1ccccc1)[C@@H]1CCCN(C(=O)CCSc2nc3ccccc3s2)C1. The van der Waals surface area contributed by atoms with Crippen LogP contribution in [0, 0.1) is 5.92 Å². The van der Waals surface area contributed by atoms with Gasteiger partial charge < -0.3 is 10.2 Å². The molecule has 2 aromatic carbocycles. The lowest BCUT2D eigenvalue weighted by atomic mass is 9.96. The third-order valence-corrected chi connectivity index (χ3v) is 7.18. The molecule has 0 bridgehead atoms. The van der Waals surface area contributed by atoms with Crippen molar-refractivity contribution in [3.05, 3.63) is 54.6 Å². The van der Waals surface area contributed by atoms with Gasteiger partial charge in [0.05, 0.1) is 16.1 Å². The first-order valence-electron chi connectivity index (χ1n) is 9.81. The number of thiazole rings is 1. The Morgan fingerprint density at radius 2 is 1.93 bits per heavy atom. The zero-order valence-electron chi connectivity index (χ0n) is 16.0. The van der Waals surface area contributed by atoms with E-state index in [4.69, 9.17) is 0 Å². The fourth-order valence-corrected chi connectivity index (χ4v) is 5.55. The maximum atomic E-state index is 12.7. The molecule has 1 atom stereocenters. The highest BCUT2D eigenvalue weighted by Crippen LogP contribution is 2.30. The molecule has 0 radical (unpaired) electrons. The van der Waals surface area contributed by atoms with E-state index in [1.807, 2.05) is 53.4 Å². The van der Waals surface area contributed by atoms with Gasteiger partial charge in [0.2, 0.25) is 11.8 Å².